The van der Waals surface area contributed by atoms with Crippen molar-refractivity contribution < 1.29 is 4.74 Å². The Bertz CT molecular complexity index is 798. The Kier molecular flexibility index (Phi) is 3.48. The molecule has 0 amide bonds. The molecule has 1 fully saturated rings. The summed E-state index contributed by atoms with van der Waals surface area (Å²) in [5, 5.41) is 13.9. The molecule has 3 heterocycles. The first kappa shape index (κ1) is 13.6. The van der Waals surface area contributed by atoms with Gasteiger partial charge in [-0.1, -0.05) is 24.3 Å². The van der Waals surface area contributed by atoms with E-state index in [1.165, 1.54) is 0 Å². The second kappa shape index (κ2) is 5.62. The minimum Gasteiger partial charge on any atom is -0.367 e. The summed E-state index contributed by atoms with van der Waals surface area (Å²) in [7, 11) is 0. The van der Waals surface area contributed by atoms with Gasteiger partial charge in [0.2, 0.25) is 0 Å². The highest BCUT2D eigenvalue weighted by molar-refractivity contribution is 7.09. The molecule has 4 rings (SSSR count). The van der Waals surface area contributed by atoms with Crippen molar-refractivity contribution in [2.75, 3.05) is 24.6 Å². The maximum atomic E-state index is 5.90. The van der Waals surface area contributed by atoms with E-state index in [0.29, 0.717) is 6.61 Å². The molecule has 0 bridgehead atoms. The zero-order valence-electron chi connectivity index (χ0n) is 12.3. The molecule has 1 aromatic carbocycles. The first-order chi connectivity index (χ1) is 10.8. The number of anilines is 1. The molecule has 1 saturated heterocycles. The lowest BCUT2D eigenvalue weighted by atomic mass is 10.1. The average molecular weight is 312 g/mol. The van der Waals surface area contributed by atoms with E-state index in [0.717, 1.165) is 40.4 Å². The van der Waals surface area contributed by atoms with Gasteiger partial charge in [0.15, 0.2) is 5.82 Å². The van der Waals surface area contributed by atoms with Crippen LogP contribution in [-0.2, 0) is 4.74 Å². The molecule has 1 aliphatic rings. The maximum Gasteiger partial charge on any atom is 0.159 e. The number of ether oxygens (including phenoxy) is 1. The number of benzene rings is 1. The third kappa shape index (κ3) is 2.44. The van der Waals surface area contributed by atoms with Gasteiger partial charge in [-0.05, 0) is 6.92 Å². The summed E-state index contributed by atoms with van der Waals surface area (Å²) in [6.45, 7) is 4.27. The molecule has 0 radical (unpaired) electrons. The standard InChI is InChI=1S/C16H16N4OS/c1-11-10-22-16(18-11)14-9-20(6-7-21-14)15-13-5-3-2-4-12(13)8-17-19-15/h2-5,8,10,14H,6-7,9H2,1H3. The van der Waals surface area contributed by atoms with Crippen molar-refractivity contribution in [2.45, 2.75) is 13.0 Å². The van der Waals surface area contributed by atoms with Gasteiger partial charge in [0.05, 0.1) is 19.3 Å². The van der Waals surface area contributed by atoms with E-state index >= 15 is 0 Å². The topological polar surface area (TPSA) is 51.1 Å². The van der Waals surface area contributed by atoms with Crippen molar-refractivity contribution in [3.8, 4) is 0 Å². The predicted octanol–water partition coefficient (Wildman–Crippen LogP) is 2.97. The highest BCUT2D eigenvalue weighted by atomic mass is 32.1. The van der Waals surface area contributed by atoms with Gasteiger partial charge < -0.3 is 9.64 Å². The quantitative estimate of drug-likeness (QED) is 0.728. The second-order valence-electron chi connectivity index (χ2n) is 5.39. The molecule has 2 aromatic heterocycles. The van der Waals surface area contributed by atoms with E-state index < -0.39 is 0 Å². The minimum absolute atomic E-state index is 0.00761. The van der Waals surface area contributed by atoms with Crippen LogP contribution in [0.2, 0.25) is 0 Å². The van der Waals surface area contributed by atoms with Crippen molar-refractivity contribution >= 4 is 27.9 Å². The van der Waals surface area contributed by atoms with E-state index in [1.54, 1.807) is 17.5 Å². The van der Waals surface area contributed by atoms with Crippen LogP contribution >= 0.6 is 11.3 Å². The number of hydrogen-bond acceptors (Lipinski definition) is 6. The lowest BCUT2D eigenvalue weighted by Crippen LogP contribution is -2.39. The molecule has 5 nitrogen and oxygen atoms in total. The van der Waals surface area contributed by atoms with Crippen molar-refractivity contribution in [1.82, 2.24) is 15.2 Å². The van der Waals surface area contributed by atoms with E-state index in [9.17, 15) is 0 Å². The van der Waals surface area contributed by atoms with Crippen LogP contribution in [0.1, 0.15) is 16.8 Å². The van der Waals surface area contributed by atoms with Crippen LogP contribution in [-0.4, -0.2) is 34.9 Å². The summed E-state index contributed by atoms with van der Waals surface area (Å²) in [5.74, 6) is 0.930. The zero-order valence-corrected chi connectivity index (χ0v) is 13.1. The molecule has 6 heteroatoms. The molecule has 1 atom stereocenters. The van der Waals surface area contributed by atoms with Gasteiger partial charge in [-0.15, -0.1) is 16.4 Å². The predicted molar refractivity (Wildman–Crippen MR) is 87.3 cm³/mol. The van der Waals surface area contributed by atoms with E-state index in [-0.39, 0.29) is 6.10 Å². The largest absolute Gasteiger partial charge is 0.367 e. The number of fused-ring (bicyclic) bond motifs is 1. The SMILES string of the molecule is Cc1csc(C2CN(c3nncc4ccccc34)CCO2)n1. The van der Waals surface area contributed by atoms with Crippen molar-refractivity contribution in [2.24, 2.45) is 0 Å². The van der Waals surface area contributed by atoms with Gasteiger partial charge in [0.25, 0.3) is 0 Å². The molecule has 0 spiro atoms. The summed E-state index contributed by atoms with van der Waals surface area (Å²) in [5.41, 5.74) is 1.05. The van der Waals surface area contributed by atoms with E-state index in [4.69, 9.17) is 4.74 Å². The second-order valence-corrected chi connectivity index (χ2v) is 6.28. The van der Waals surface area contributed by atoms with E-state index in [2.05, 4.69) is 37.6 Å². The Morgan fingerprint density at radius 1 is 1.32 bits per heavy atom. The van der Waals surface area contributed by atoms with Crippen LogP contribution in [0.25, 0.3) is 10.8 Å². The number of rotatable bonds is 2. The van der Waals surface area contributed by atoms with Crippen molar-refractivity contribution in [1.29, 1.82) is 0 Å². The first-order valence-electron chi connectivity index (χ1n) is 7.30. The highest BCUT2D eigenvalue weighted by Crippen LogP contribution is 2.30. The third-order valence-corrected chi connectivity index (χ3v) is 4.88. The number of thiazole rings is 1. The first-order valence-corrected chi connectivity index (χ1v) is 8.18. The number of nitrogens with zero attached hydrogens (tertiary/aromatic N) is 4. The molecule has 3 aromatic rings. The molecule has 0 aliphatic carbocycles. The highest BCUT2D eigenvalue weighted by Gasteiger charge is 2.26. The fraction of sp³-hybridized carbons (Fsp3) is 0.312. The van der Waals surface area contributed by atoms with Crippen LogP contribution < -0.4 is 4.90 Å². The number of aryl methyl sites for hydroxylation is 1. The lowest BCUT2D eigenvalue weighted by molar-refractivity contribution is 0.0393. The Morgan fingerprint density at radius 2 is 2.23 bits per heavy atom. The number of aromatic nitrogens is 3. The Balaban J connectivity index is 1.67. The minimum atomic E-state index is 0.00761. The molecule has 112 valence electrons. The Hall–Kier alpha value is -2.05. The summed E-state index contributed by atoms with van der Waals surface area (Å²) in [6, 6.07) is 8.22. The molecule has 1 unspecified atom stereocenters. The molecule has 22 heavy (non-hydrogen) atoms. The molecular formula is C16H16N4OS. The summed E-state index contributed by atoms with van der Waals surface area (Å²) in [4.78, 5) is 6.81. The fourth-order valence-corrected chi connectivity index (χ4v) is 3.59. The van der Waals surface area contributed by atoms with Crippen LogP contribution in [0, 0.1) is 6.92 Å². The van der Waals surface area contributed by atoms with Crippen LogP contribution in [0.15, 0.2) is 35.8 Å². The average Bonchev–Trinajstić information content (AvgIpc) is 3.01. The Morgan fingerprint density at radius 3 is 3.09 bits per heavy atom. The van der Waals surface area contributed by atoms with Gasteiger partial charge in [-0.3, -0.25) is 0 Å². The fourth-order valence-electron chi connectivity index (χ4n) is 2.76. The van der Waals surface area contributed by atoms with Gasteiger partial charge in [-0.2, -0.15) is 5.10 Å². The van der Waals surface area contributed by atoms with Gasteiger partial charge in [0, 0.05) is 28.4 Å². The monoisotopic (exact) mass is 312 g/mol. The van der Waals surface area contributed by atoms with Crippen molar-refractivity contribution in [3.63, 3.8) is 0 Å². The molecule has 0 N–H and O–H groups in total. The number of morpholine rings is 1. The zero-order chi connectivity index (χ0) is 14.9. The van der Waals surface area contributed by atoms with E-state index in [1.807, 2.05) is 19.1 Å². The van der Waals surface area contributed by atoms with Gasteiger partial charge in [-0.25, -0.2) is 4.98 Å². The molecular weight excluding hydrogens is 296 g/mol. The summed E-state index contributed by atoms with van der Waals surface area (Å²) < 4.78 is 5.90. The third-order valence-electron chi connectivity index (χ3n) is 3.83. The molecule has 1 aliphatic heterocycles. The summed E-state index contributed by atoms with van der Waals surface area (Å²) >= 11 is 1.66. The number of hydrogen-bond donors (Lipinski definition) is 0. The van der Waals surface area contributed by atoms with Gasteiger partial charge in [0.1, 0.15) is 11.1 Å². The lowest BCUT2D eigenvalue weighted by Gasteiger charge is -2.33. The smallest absolute Gasteiger partial charge is 0.159 e. The van der Waals surface area contributed by atoms with Gasteiger partial charge >= 0.3 is 0 Å². The van der Waals surface area contributed by atoms with Crippen LogP contribution in [0.4, 0.5) is 5.82 Å². The van der Waals surface area contributed by atoms with Crippen LogP contribution in [0.5, 0.6) is 0 Å². The maximum absolute atomic E-state index is 5.90. The molecule has 0 saturated carbocycles. The summed E-state index contributed by atoms with van der Waals surface area (Å²) in [6.07, 6.45) is 1.81. The normalized spacial score (nSPS) is 18.8. The Labute approximate surface area is 132 Å². The van der Waals surface area contributed by atoms with Crippen molar-refractivity contribution in [3.05, 3.63) is 46.5 Å². The van der Waals surface area contributed by atoms with Crippen LogP contribution in [0.3, 0.4) is 0 Å².